The monoisotopic (exact) mass is 260 g/mol. The van der Waals surface area contributed by atoms with Crippen LogP contribution < -0.4 is 10.6 Å². The number of nitrogens with one attached hydrogen (secondary N) is 2. The first-order chi connectivity index (χ1) is 8.23. The Morgan fingerprint density at radius 2 is 1.67 bits per heavy atom. The molecule has 0 spiro atoms. The summed E-state index contributed by atoms with van der Waals surface area (Å²) in [5, 5.41) is 21.7. The molecule has 0 aliphatic rings. The number of hydrogen-bond donors (Lipinski definition) is 4. The number of amides is 2. The zero-order valence-electron chi connectivity index (χ0n) is 10.1. The van der Waals surface area contributed by atoms with Gasteiger partial charge < -0.3 is 20.8 Å². The second-order valence-corrected chi connectivity index (χ2v) is 3.75. The highest BCUT2D eigenvalue weighted by atomic mass is 16.4. The molecular formula is C10H16N2O6. The molecule has 0 fully saturated rings. The lowest BCUT2D eigenvalue weighted by Gasteiger charge is -2.17. The van der Waals surface area contributed by atoms with E-state index in [1.165, 1.54) is 13.8 Å². The molecule has 0 unspecified atom stereocenters. The van der Waals surface area contributed by atoms with Crippen LogP contribution in [0.25, 0.3) is 0 Å². The topological polar surface area (TPSA) is 133 Å². The minimum Gasteiger partial charge on any atom is -0.481 e. The van der Waals surface area contributed by atoms with Gasteiger partial charge in [0.25, 0.3) is 0 Å². The molecule has 18 heavy (non-hydrogen) atoms. The standard InChI is InChI=1S/C10H16N2O6/c1-5(11-6(2)13)9(16)12-7(10(17)18)3-4-8(14)15/h5,7H,3-4H2,1-2H3,(H,11,13)(H,12,16)(H,14,15)(H,17,18)/t5-,7+/m0/s1. The second-order valence-electron chi connectivity index (χ2n) is 3.75. The summed E-state index contributed by atoms with van der Waals surface area (Å²) in [5.74, 6) is -3.57. The molecule has 0 saturated heterocycles. The fraction of sp³-hybridized carbons (Fsp3) is 0.600. The van der Waals surface area contributed by atoms with Gasteiger partial charge in [0, 0.05) is 13.3 Å². The lowest BCUT2D eigenvalue weighted by atomic mass is 10.1. The molecule has 8 heteroatoms. The fourth-order valence-electron chi connectivity index (χ4n) is 1.19. The highest BCUT2D eigenvalue weighted by molar-refractivity contribution is 5.89. The first-order valence-corrected chi connectivity index (χ1v) is 5.26. The average Bonchev–Trinajstić information content (AvgIpc) is 2.21. The summed E-state index contributed by atoms with van der Waals surface area (Å²) in [5.41, 5.74) is 0. The van der Waals surface area contributed by atoms with Crippen LogP contribution >= 0.6 is 0 Å². The number of rotatable bonds is 7. The predicted octanol–water partition coefficient (Wildman–Crippen LogP) is -1.05. The molecule has 0 saturated carbocycles. The van der Waals surface area contributed by atoms with Crippen LogP contribution in [-0.2, 0) is 19.2 Å². The third kappa shape index (κ3) is 6.46. The molecule has 0 heterocycles. The van der Waals surface area contributed by atoms with Crippen molar-refractivity contribution in [3.8, 4) is 0 Å². The summed E-state index contributed by atoms with van der Waals surface area (Å²) in [7, 11) is 0. The molecule has 4 N–H and O–H groups in total. The molecule has 0 aliphatic carbocycles. The van der Waals surface area contributed by atoms with E-state index in [1.807, 2.05) is 0 Å². The van der Waals surface area contributed by atoms with E-state index in [9.17, 15) is 19.2 Å². The Balaban J connectivity index is 4.40. The Bertz CT molecular complexity index is 354. The molecule has 0 bridgehead atoms. The van der Waals surface area contributed by atoms with Crippen molar-refractivity contribution in [3.05, 3.63) is 0 Å². The first-order valence-electron chi connectivity index (χ1n) is 5.26. The molecule has 8 nitrogen and oxygen atoms in total. The number of aliphatic carboxylic acids is 2. The van der Waals surface area contributed by atoms with Gasteiger partial charge in [-0.2, -0.15) is 0 Å². The van der Waals surface area contributed by atoms with Gasteiger partial charge in [-0.3, -0.25) is 14.4 Å². The largest absolute Gasteiger partial charge is 0.481 e. The van der Waals surface area contributed by atoms with Gasteiger partial charge in [-0.15, -0.1) is 0 Å². The SMILES string of the molecule is CC(=O)N[C@@H](C)C(=O)N[C@H](CCC(=O)O)C(=O)O. The maximum absolute atomic E-state index is 11.5. The van der Waals surface area contributed by atoms with E-state index in [2.05, 4.69) is 10.6 Å². The van der Waals surface area contributed by atoms with Crippen LogP contribution in [0.1, 0.15) is 26.7 Å². The number of carbonyl (C=O) groups excluding carboxylic acids is 2. The van der Waals surface area contributed by atoms with Crippen molar-refractivity contribution < 1.29 is 29.4 Å². The fourth-order valence-corrected chi connectivity index (χ4v) is 1.19. The molecule has 2 atom stereocenters. The number of carboxylic acid groups (broad SMARTS) is 2. The molecule has 0 radical (unpaired) electrons. The van der Waals surface area contributed by atoms with E-state index in [0.717, 1.165) is 0 Å². The van der Waals surface area contributed by atoms with Gasteiger partial charge in [-0.1, -0.05) is 0 Å². The Hall–Kier alpha value is -2.12. The number of carboxylic acids is 2. The van der Waals surface area contributed by atoms with Gasteiger partial charge in [-0.25, -0.2) is 4.79 Å². The maximum Gasteiger partial charge on any atom is 0.326 e. The number of hydrogen-bond acceptors (Lipinski definition) is 4. The van der Waals surface area contributed by atoms with Crippen LogP contribution in [0.5, 0.6) is 0 Å². The van der Waals surface area contributed by atoms with Crippen LogP contribution in [0, 0.1) is 0 Å². The van der Waals surface area contributed by atoms with Crippen LogP contribution in [0.4, 0.5) is 0 Å². The van der Waals surface area contributed by atoms with Gasteiger partial charge in [0.2, 0.25) is 11.8 Å². The van der Waals surface area contributed by atoms with Crippen molar-refractivity contribution in [3.63, 3.8) is 0 Å². The van der Waals surface area contributed by atoms with Crippen molar-refractivity contribution in [2.24, 2.45) is 0 Å². The summed E-state index contributed by atoms with van der Waals surface area (Å²) in [6.07, 6.45) is -0.588. The zero-order chi connectivity index (χ0) is 14.3. The van der Waals surface area contributed by atoms with E-state index in [0.29, 0.717) is 0 Å². The van der Waals surface area contributed by atoms with Crippen molar-refractivity contribution >= 4 is 23.8 Å². The van der Waals surface area contributed by atoms with Crippen LogP contribution in [0.15, 0.2) is 0 Å². The third-order valence-corrected chi connectivity index (χ3v) is 2.07. The van der Waals surface area contributed by atoms with Gasteiger partial charge in [0.15, 0.2) is 0 Å². The quantitative estimate of drug-likeness (QED) is 0.461. The summed E-state index contributed by atoms with van der Waals surface area (Å²) in [6, 6.07) is -2.17. The van der Waals surface area contributed by atoms with E-state index in [1.54, 1.807) is 0 Å². The summed E-state index contributed by atoms with van der Waals surface area (Å²) < 4.78 is 0. The van der Waals surface area contributed by atoms with Gasteiger partial charge in [-0.05, 0) is 13.3 Å². The van der Waals surface area contributed by atoms with Crippen molar-refractivity contribution in [1.29, 1.82) is 0 Å². The minimum atomic E-state index is -1.32. The highest BCUT2D eigenvalue weighted by Gasteiger charge is 2.23. The molecule has 0 rings (SSSR count). The van der Waals surface area contributed by atoms with Crippen LogP contribution in [0.2, 0.25) is 0 Å². The number of carbonyl (C=O) groups is 4. The van der Waals surface area contributed by atoms with Crippen LogP contribution in [-0.4, -0.2) is 46.0 Å². The highest BCUT2D eigenvalue weighted by Crippen LogP contribution is 1.99. The minimum absolute atomic E-state index is 0.219. The van der Waals surface area contributed by atoms with Gasteiger partial charge in [0.05, 0.1) is 0 Å². The Kier molecular flexibility index (Phi) is 6.40. The van der Waals surface area contributed by atoms with E-state index < -0.39 is 35.8 Å². The first kappa shape index (κ1) is 15.9. The van der Waals surface area contributed by atoms with Crippen molar-refractivity contribution in [1.82, 2.24) is 10.6 Å². The Labute approximate surface area is 103 Å². The second kappa shape index (κ2) is 7.25. The smallest absolute Gasteiger partial charge is 0.326 e. The van der Waals surface area contributed by atoms with E-state index in [-0.39, 0.29) is 12.8 Å². The van der Waals surface area contributed by atoms with Crippen molar-refractivity contribution in [2.75, 3.05) is 0 Å². The van der Waals surface area contributed by atoms with Gasteiger partial charge >= 0.3 is 11.9 Å². The lowest BCUT2D eigenvalue weighted by molar-refractivity contribution is -0.143. The molecule has 102 valence electrons. The van der Waals surface area contributed by atoms with E-state index in [4.69, 9.17) is 10.2 Å². The molecule has 0 aromatic heterocycles. The Morgan fingerprint density at radius 1 is 1.11 bits per heavy atom. The Morgan fingerprint density at radius 3 is 2.06 bits per heavy atom. The molecule has 0 aromatic rings. The molecular weight excluding hydrogens is 244 g/mol. The third-order valence-electron chi connectivity index (χ3n) is 2.07. The predicted molar refractivity (Wildman–Crippen MR) is 59.7 cm³/mol. The maximum atomic E-state index is 11.5. The summed E-state index contributed by atoms with van der Waals surface area (Å²) >= 11 is 0. The molecule has 0 aromatic carbocycles. The molecule has 2 amide bonds. The lowest BCUT2D eigenvalue weighted by Crippen LogP contribution is -2.50. The summed E-state index contributed by atoms with van der Waals surface area (Å²) in [4.78, 5) is 43.3. The van der Waals surface area contributed by atoms with E-state index >= 15 is 0 Å². The van der Waals surface area contributed by atoms with Crippen LogP contribution in [0.3, 0.4) is 0 Å². The average molecular weight is 260 g/mol. The summed E-state index contributed by atoms with van der Waals surface area (Å²) in [6.45, 7) is 2.62. The van der Waals surface area contributed by atoms with Crippen molar-refractivity contribution in [2.45, 2.75) is 38.8 Å². The van der Waals surface area contributed by atoms with Gasteiger partial charge in [0.1, 0.15) is 12.1 Å². The molecule has 0 aliphatic heterocycles. The zero-order valence-corrected chi connectivity index (χ0v) is 10.1. The normalized spacial score (nSPS) is 13.2.